The molecular weight excluding hydrogens is 224 g/mol. The minimum absolute atomic E-state index is 0.00116. The van der Waals surface area contributed by atoms with E-state index in [1.54, 1.807) is 18.0 Å². The van der Waals surface area contributed by atoms with E-state index in [-0.39, 0.29) is 11.8 Å². The van der Waals surface area contributed by atoms with Crippen molar-refractivity contribution >= 4 is 23.1 Å². The summed E-state index contributed by atoms with van der Waals surface area (Å²) in [6.07, 6.45) is 2.92. The fourth-order valence-electron chi connectivity index (χ4n) is 1.22. The molecule has 0 aromatic carbocycles. The summed E-state index contributed by atoms with van der Waals surface area (Å²) < 4.78 is 0. The molecule has 0 saturated heterocycles. The van der Waals surface area contributed by atoms with Crippen molar-refractivity contribution in [3.8, 4) is 0 Å². The molecule has 5 nitrogen and oxygen atoms in total. The van der Waals surface area contributed by atoms with Gasteiger partial charge in [-0.25, -0.2) is 0 Å². The Hall–Kier alpha value is -1.56. The zero-order valence-electron chi connectivity index (χ0n) is 9.25. The average Bonchev–Trinajstić information content (AvgIpc) is 2.28. The fourth-order valence-corrected chi connectivity index (χ4v) is 1.30. The highest BCUT2D eigenvalue weighted by Crippen LogP contribution is 2.04. The molecule has 0 spiro atoms. The average molecular weight is 238 g/mol. The topological polar surface area (TPSA) is 72.1 Å². The van der Waals surface area contributed by atoms with E-state index >= 15 is 0 Å². The third-order valence-electron chi connectivity index (χ3n) is 2.21. The summed E-state index contributed by atoms with van der Waals surface area (Å²) in [5.74, 6) is -0.114. The Morgan fingerprint density at radius 3 is 2.81 bits per heavy atom. The number of thiocarbonyl (C=S) groups is 1. The minimum Gasteiger partial charge on any atom is -0.393 e. The Balaban J connectivity index is 2.65. The van der Waals surface area contributed by atoms with Crippen LogP contribution in [0.5, 0.6) is 0 Å². The second kappa shape index (κ2) is 5.50. The molecule has 0 fully saturated rings. The van der Waals surface area contributed by atoms with E-state index in [9.17, 15) is 4.79 Å². The van der Waals surface area contributed by atoms with E-state index in [1.807, 2.05) is 6.92 Å². The zero-order chi connectivity index (χ0) is 12.1. The summed E-state index contributed by atoms with van der Waals surface area (Å²) in [6, 6.07) is 1.62. The number of carbonyl (C=O) groups is 1. The van der Waals surface area contributed by atoms with E-state index < -0.39 is 0 Å². The van der Waals surface area contributed by atoms with Crippen LogP contribution in [0.1, 0.15) is 17.3 Å². The van der Waals surface area contributed by atoms with Crippen molar-refractivity contribution in [2.75, 3.05) is 13.6 Å². The van der Waals surface area contributed by atoms with Gasteiger partial charge in [0.1, 0.15) is 0 Å². The Labute approximate surface area is 99.6 Å². The molecule has 2 N–H and O–H groups in total. The monoisotopic (exact) mass is 238 g/mol. The second-order valence-corrected chi connectivity index (χ2v) is 4.09. The number of nitrogens with two attached hydrogens (primary N) is 1. The van der Waals surface area contributed by atoms with Crippen molar-refractivity contribution in [3.05, 3.63) is 24.0 Å². The second-order valence-electron chi connectivity index (χ2n) is 3.62. The van der Waals surface area contributed by atoms with Gasteiger partial charge in [-0.2, -0.15) is 10.2 Å². The Morgan fingerprint density at radius 2 is 2.31 bits per heavy atom. The molecule has 0 bridgehead atoms. The first-order valence-corrected chi connectivity index (χ1v) is 5.24. The molecule has 1 aromatic rings. The van der Waals surface area contributed by atoms with Crippen LogP contribution in [-0.2, 0) is 0 Å². The van der Waals surface area contributed by atoms with E-state index in [4.69, 9.17) is 18.0 Å². The summed E-state index contributed by atoms with van der Waals surface area (Å²) in [6.45, 7) is 2.38. The Morgan fingerprint density at radius 1 is 1.62 bits per heavy atom. The first-order chi connectivity index (χ1) is 7.52. The van der Waals surface area contributed by atoms with Crippen molar-refractivity contribution in [1.82, 2.24) is 15.1 Å². The van der Waals surface area contributed by atoms with Crippen molar-refractivity contribution < 1.29 is 4.79 Å². The van der Waals surface area contributed by atoms with Gasteiger partial charge in [0.05, 0.1) is 22.9 Å². The van der Waals surface area contributed by atoms with Crippen LogP contribution in [0.2, 0.25) is 0 Å². The van der Waals surface area contributed by atoms with E-state index in [2.05, 4.69) is 10.2 Å². The molecule has 1 amide bonds. The normalized spacial score (nSPS) is 11.9. The Kier molecular flexibility index (Phi) is 4.30. The number of amides is 1. The van der Waals surface area contributed by atoms with E-state index in [0.717, 1.165) is 0 Å². The van der Waals surface area contributed by atoms with Crippen molar-refractivity contribution in [2.24, 2.45) is 11.7 Å². The smallest absolute Gasteiger partial charge is 0.255 e. The minimum atomic E-state index is -0.113. The largest absolute Gasteiger partial charge is 0.393 e. The predicted molar refractivity (Wildman–Crippen MR) is 64.9 cm³/mol. The lowest BCUT2D eigenvalue weighted by molar-refractivity contribution is 0.0786. The molecule has 0 aliphatic carbocycles. The molecule has 6 heteroatoms. The molecule has 0 saturated carbocycles. The third kappa shape index (κ3) is 3.23. The molecule has 0 radical (unpaired) electrons. The predicted octanol–water partition coefficient (Wildman–Crippen LogP) is 0.471. The lowest BCUT2D eigenvalue weighted by Gasteiger charge is -2.20. The molecule has 0 aliphatic rings. The summed E-state index contributed by atoms with van der Waals surface area (Å²) in [7, 11) is 1.71. The van der Waals surface area contributed by atoms with Crippen LogP contribution >= 0.6 is 12.2 Å². The van der Waals surface area contributed by atoms with Gasteiger partial charge in [0.2, 0.25) is 0 Å². The van der Waals surface area contributed by atoms with Crippen molar-refractivity contribution in [3.63, 3.8) is 0 Å². The SMILES string of the molecule is CC(CN(C)C(=O)c1ccnnc1)C(N)=S. The molecule has 86 valence electrons. The van der Waals surface area contributed by atoms with Crippen LogP contribution < -0.4 is 5.73 Å². The number of rotatable bonds is 4. The van der Waals surface area contributed by atoms with Crippen LogP contribution in [0.3, 0.4) is 0 Å². The highest BCUT2D eigenvalue weighted by atomic mass is 32.1. The number of carbonyl (C=O) groups excluding carboxylic acids is 1. The molecule has 1 heterocycles. The van der Waals surface area contributed by atoms with Gasteiger partial charge in [0.25, 0.3) is 5.91 Å². The molecule has 1 rings (SSSR count). The number of hydrogen-bond donors (Lipinski definition) is 1. The van der Waals surface area contributed by atoms with Crippen molar-refractivity contribution in [1.29, 1.82) is 0 Å². The summed E-state index contributed by atoms with van der Waals surface area (Å²) >= 11 is 4.86. The maximum Gasteiger partial charge on any atom is 0.255 e. The van der Waals surface area contributed by atoms with Gasteiger partial charge in [-0.3, -0.25) is 4.79 Å². The van der Waals surface area contributed by atoms with Crippen LogP contribution in [0, 0.1) is 5.92 Å². The van der Waals surface area contributed by atoms with Gasteiger partial charge < -0.3 is 10.6 Å². The summed E-state index contributed by atoms with van der Waals surface area (Å²) in [5, 5.41) is 7.27. The molecule has 16 heavy (non-hydrogen) atoms. The van der Waals surface area contributed by atoms with Gasteiger partial charge in [0.15, 0.2) is 0 Å². The molecule has 0 aliphatic heterocycles. The molecular formula is C10H14N4OS. The number of aromatic nitrogens is 2. The number of nitrogens with zero attached hydrogens (tertiary/aromatic N) is 3. The quantitative estimate of drug-likeness (QED) is 0.772. The van der Waals surface area contributed by atoms with Crippen LogP contribution in [0.4, 0.5) is 0 Å². The summed E-state index contributed by atoms with van der Waals surface area (Å²) in [5.41, 5.74) is 6.00. The van der Waals surface area contributed by atoms with Gasteiger partial charge >= 0.3 is 0 Å². The van der Waals surface area contributed by atoms with E-state index in [0.29, 0.717) is 17.1 Å². The zero-order valence-corrected chi connectivity index (χ0v) is 10.1. The molecule has 1 aromatic heterocycles. The Bertz CT molecular complexity index is 382. The maximum atomic E-state index is 11.9. The van der Waals surface area contributed by atoms with Crippen molar-refractivity contribution in [2.45, 2.75) is 6.92 Å². The maximum absolute atomic E-state index is 11.9. The highest BCUT2D eigenvalue weighted by Gasteiger charge is 2.15. The van der Waals surface area contributed by atoms with Crippen LogP contribution in [0.25, 0.3) is 0 Å². The van der Waals surface area contributed by atoms with Crippen LogP contribution in [0.15, 0.2) is 18.5 Å². The fraction of sp³-hybridized carbons (Fsp3) is 0.400. The van der Waals surface area contributed by atoms with E-state index in [1.165, 1.54) is 12.4 Å². The molecule has 1 unspecified atom stereocenters. The highest BCUT2D eigenvalue weighted by molar-refractivity contribution is 7.80. The first kappa shape index (κ1) is 12.5. The lowest BCUT2D eigenvalue weighted by atomic mass is 10.1. The van der Waals surface area contributed by atoms with Crippen LogP contribution in [-0.4, -0.2) is 39.6 Å². The van der Waals surface area contributed by atoms with Gasteiger partial charge in [-0.1, -0.05) is 19.1 Å². The molecule has 1 atom stereocenters. The first-order valence-electron chi connectivity index (χ1n) is 4.84. The standard InChI is InChI=1S/C10H14N4OS/c1-7(9(11)16)6-14(2)10(15)8-3-4-12-13-5-8/h3-5,7H,6H2,1-2H3,(H2,11,16). The van der Waals surface area contributed by atoms with Gasteiger partial charge in [0, 0.05) is 19.5 Å². The lowest BCUT2D eigenvalue weighted by Crippen LogP contribution is -2.35. The van der Waals surface area contributed by atoms with Gasteiger partial charge in [-0.05, 0) is 6.07 Å². The van der Waals surface area contributed by atoms with Gasteiger partial charge in [-0.15, -0.1) is 0 Å². The summed E-state index contributed by atoms with van der Waals surface area (Å²) in [4.78, 5) is 13.9. The third-order valence-corrected chi connectivity index (χ3v) is 2.61. The number of hydrogen-bond acceptors (Lipinski definition) is 4.